The van der Waals surface area contributed by atoms with Crippen molar-refractivity contribution in [3.63, 3.8) is 0 Å². The van der Waals surface area contributed by atoms with Gasteiger partial charge in [-0.1, -0.05) is 23.7 Å². The van der Waals surface area contributed by atoms with Crippen molar-refractivity contribution in [2.75, 3.05) is 4.90 Å². The minimum absolute atomic E-state index is 0.00471. The van der Waals surface area contributed by atoms with Crippen LogP contribution < -0.4 is 10.2 Å². The van der Waals surface area contributed by atoms with E-state index >= 15 is 0 Å². The van der Waals surface area contributed by atoms with Gasteiger partial charge in [0.05, 0.1) is 10.7 Å². The number of hydrogen-bond acceptors (Lipinski definition) is 2. The Morgan fingerprint density at radius 2 is 2.11 bits per heavy atom. The summed E-state index contributed by atoms with van der Waals surface area (Å²) in [6.07, 6.45) is 0. The Kier molecular flexibility index (Phi) is 3.30. The molecule has 1 aromatic rings. The highest BCUT2D eigenvalue weighted by Gasteiger charge is 2.40. The third kappa shape index (κ3) is 1.97. The van der Waals surface area contributed by atoms with Crippen LogP contribution in [0, 0.1) is 0 Å². The monoisotopic (exact) mass is 266 g/mol. The minimum atomic E-state index is -0.626. The molecule has 96 valence electrons. The molecule has 0 saturated carbocycles. The summed E-state index contributed by atoms with van der Waals surface area (Å²) in [5.41, 5.74) is 1.47. The second-order valence-electron chi connectivity index (χ2n) is 4.61. The van der Waals surface area contributed by atoms with Gasteiger partial charge in [-0.3, -0.25) is 9.59 Å². The van der Waals surface area contributed by atoms with Crippen molar-refractivity contribution < 1.29 is 9.59 Å². The maximum atomic E-state index is 12.3. The van der Waals surface area contributed by atoms with Gasteiger partial charge in [-0.2, -0.15) is 0 Å². The molecule has 1 heterocycles. The molecule has 4 nitrogen and oxygen atoms in total. The van der Waals surface area contributed by atoms with E-state index < -0.39 is 6.04 Å². The second-order valence-corrected chi connectivity index (χ2v) is 5.02. The summed E-state index contributed by atoms with van der Waals surface area (Å²) >= 11 is 6.17. The van der Waals surface area contributed by atoms with Gasteiger partial charge in [-0.05, 0) is 19.9 Å². The van der Waals surface area contributed by atoms with Crippen LogP contribution in [0.3, 0.4) is 0 Å². The van der Waals surface area contributed by atoms with Crippen molar-refractivity contribution in [1.82, 2.24) is 5.32 Å². The lowest BCUT2D eigenvalue weighted by molar-refractivity contribution is -0.126. The van der Waals surface area contributed by atoms with Crippen molar-refractivity contribution in [1.29, 1.82) is 0 Å². The van der Waals surface area contributed by atoms with Crippen LogP contribution in [0.4, 0.5) is 5.69 Å². The predicted octanol–water partition coefficient (Wildman–Crippen LogP) is 2.27. The molecule has 18 heavy (non-hydrogen) atoms. The van der Waals surface area contributed by atoms with Gasteiger partial charge < -0.3 is 10.2 Å². The Labute approximate surface area is 111 Å². The van der Waals surface area contributed by atoms with Gasteiger partial charge in [0.15, 0.2) is 0 Å². The zero-order valence-corrected chi connectivity index (χ0v) is 11.3. The fourth-order valence-electron chi connectivity index (χ4n) is 2.26. The molecule has 1 aliphatic rings. The highest BCUT2D eigenvalue weighted by molar-refractivity contribution is 6.34. The van der Waals surface area contributed by atoms with Crippen molar-refractivity contribution >= 4 is 29.1 Å². The summed E-state index contributed by atoms with van der Waals surface area (Å²) in [7, 11) is 0. The van der Waals surface area contributed by atoms with Gasteiger partial charge in [-0.15, -0.1) is 0 Å². The number of nitrogens with one attached hydrogen (secondary N) is 1. The van der Waals surface area contributed by atoms with Crippen LogP contribution in [0.1, 0.15) is 32.4 Å². The number of hydrogen-bond donors (Lipinski definition) is 1. The van der Waals surface area contributed by atoms with E-state index in [0.717, 1.165) is 5.56 Å². The minimum Gasteiger partial charge on any atom is -0.341 e. The summed E-state index contributed by atoms with van der Waals surface area (Å²) in [6, 6.07) is 4.72. The number of nitrogens with zero attached hydrogens (tertiary/aromatic N) is 1. The quantitative estimate of drug-likeness (QED) is 0.893. The van der Waals surface area contributed by atoms with Crippen LogP contribution in [0.5, 0.6) is 0 Å². The highest BCUT2D eigenvalue weighted by Crippen LogP contribution is 2.41. The average Bonchev–Trinajstić information content (AvgIpc) is 2.54. The molecule has 5 heteroatoms. The maximum absolute atomic E-state index is 12.3. The Morgan fingerprint density at radius 3 is 2.67 bits per heavy atom. The number of rotatable bonds is 2. The number of carbonyl (C=O) groups excluding carboxylic acids is 2. The number of anilines is 1. The lowest BCUT2D eigenvalue weighted by Crippen LogP contribution is -2.40. The molecule has 2 amide bonds. The molecule has 2 rings (SSSR count). The molecule has 0 radical (unpaired) electrons. The first-order valence-corrected chi connectivity index (χ1v) is 6.20. The summed E-state index contributed by atoms with van der Waals surface area (Å²) in [6.45, 7) is 5.23. The first kappa shape index (κ1) is 12.9. The van der Waals surface area contributed by atoms with Crippen LogP contribution in [0.2, 0.25) is 5.02 Å². The molecule has 0 bridgehead atoms. The van der Waals surface area contributed by atoms with E-state index in [9.17, 15) is 9.59 Å². The summed E-state index contributed by atoms with van der Waals surface area (Å²) in [4.78, 5) is 25.2. The Hall–Kier alpha value is -1.55. The topological polar surface area (TPSA) is 49.4 Å². The number of benzene rings is 1. The molecule has 0 saturated heterocycles. The summed E-state index contributed by atoms with van der Waals surface area (Å²) in [5.74, 6) is -0.367. The summed E-state index contributed by atoms with van der Waals surface area (Å²) < 4.78 is 0. The first-order valence-electron chi connectivity index (χ1n) is 5.82. The average molecular weight is 267 g/mol. The molecule has 1 aromatic carbocycles. The second kappa shape index (κ2) is 4.61. The molecule has 0 fully saturated rings. The molecular weight excluding hydrogens is 252 g/mol. The van der Waals surface area contributed by atoms with Crippen molar-refractivity contribution in [2.24, 2.45) is 0 Å². The van der Waals surface area contributed by atoms with E-state index in [-0.39, 0.29) is 17.9 Å². The Morgan fingerprint density at radius 1 is 1.44 bits per heavy atom. The van der Waals surface area contributed by atoms with Crippen molar-refractivity contribution in [3.05, 3.63) is 28.8 Å². The molecule has 0 spiro atoms. The van der Waals surface area contributed by atoms with Crippen LogP contribution in [-0.2, 0) is 9.59 Å². The van der Waals surface area contributed by atoms with E-state index in [1.54, 1.807) is 17.0 Å². The third-order valence-corrected chi connectivity index (χ3v) is 3.22. The normalized spacial score (nSPS) is 18.2. The smallest absolute Gasteiger partial charge is 0.254 e. The van der Waals surface area contributed by atoms with Gasteiger partial charge in [0.2, 0.25) is 5.91 Å². The summed E-state index contributed by atoms with van der Waals surface area (Å²) in [5, 5.41) is 3.20. The number of halogens is 1. The van der Waals surface area contributed by atoms with E-state index in [1.165, 1.54) is 6.92 Å². The van der Waals surface area contributed by atoms with E-state index in [2.05, 4.69) is 5.32 Å². The zero-order valence-electron chi connectivity index (χ0n) is 10.5. The first-order chi connectivity index (χ1) is 8.43. The van der Waals surface area contributed by atoms with Crippen LogP contribution >= 0.6 is 11.6 Å². The number of carbonyl (C=O) groups is 2. The van der Waals surface area contributed by atoms with Crippen LogP contribution in [-0.4, -0.2) is 17.9 Å². The van der Waals surface area contributed by atoms with Gasteiger partial charge in [0.1, 0.15) is 6.04 Å². The van der Waals surface area contributed by atoms with Gasteiger partial charge in [0.25, 0.3) is 5.91 Å². The molecule has 1 atom stereocenters. The van der Waals surface area contributed by atoms with Crippen molar-refractivity contribution in [3.8, 4) is 0 Å². The SMILES string of the molecule is CC(=O)N[C@@H]1C(=O)N(C(C)C)c2c(Cl)cccc21. The molecule has 0 aromatic heterocycles. The lowest BCUT2D eigenvalue weighted by Gasteiger charge is -2.23. The standard InChI is InChI=1S/C13H15ClN2O2/c1-7(2)16-12-9(5-4-6-10(12)14)11(13(16)18)15-8(3)17/h4-7,11H,1-3H3,(H,15,17)/t11-/m0/s1. The van der Waals surface area contributed by atoms with Crippen LogP contribution in [0.15, 0.2) is 18.2 Å². The highest BCUT2D eigenvalue weighted by atomic mass is 35.5. The molecule has 1 aliphatic heterocycles. The van der Waals surface area contributed by atoms with Gasteiger partial charge >= 0.3 is 0 Å². The fourth-order valence-corrected chi connectivity index (χ4v) is 2.53. The Balaban J connectivity index is 2.54. The van der Waals surface area contributed by atoms with Gasteiger partial charge in [-0.25, -0.2) is 0 Å². The molecule has 1 N–H and O–H groups in total. The van der Waals surface area contributed by atoms with E-state index in [1.807, 2.05) is 19.9 Å². The Bertz CT molecular complexity index is 514. The zero-order chi connectivity index (χ0) is 13.4. The van der Waals surface area contributed by atoms with Gasteiger partial charge in [0, 0.05) is 18.5 Å². The fraction of sp³-hybridized carbons (Fsp3) is 0.385. The lowest BCUT2D eigenvalue weighted by atomic mass is 10.1. The third-order valence-electron chi connectivity index (χ3n) is 2.92. The largest absolute Gasteiger partial charge is 0.341 e. The van der Waals surface area contributed by atoms with Crippen molar-refractivity contribution in [2.45, 2.75) is 32.9 Å². The van der Waals surface area contributed by atoms with E-state index in [4.69, 9.17) is 11.6 Å². The predicted molar refractivity (Wildman–Crippen MR) is 70.6 cm³/mol. The molecule has 0 aliphatic carbocycles. The molecule has 0 unspecified atom stereocenters. The number of para-hydroxylation sites is 1. The molecular formula is C13H15ClN2O2. The number of amides is 2. The number of fused-ring (bicyclic) bond motifs is 1. The van der Waals surface area contributed by atoms with Crippen LogP contribution in [0.25, 0.3) is 0 Å². The maximum Gasteiger partial charge on any atom is 0.254 e. The van der Waals surface area contributed by atoms with E-state index in [0.29, 0.717) is 10.7 Å².